The lowest BCUT2D eigenvalue weighted by Gasteiger charge is -2.25. The van der Waals surface area contributed by atoms with Gasteiger partial charge in [-0.15, -0.1) is 0 Å². The summed E-state index contributed by atoms with van der Waals surface area (Å²) in [5.41, 5.74) is 2.04. The molecule has 1 unspecified atom stereocenters. The van der Waals surface area contributed by atoms with Gasteiger partial charge in [0.2, 0.25) is 15.9 Å². The minimum atomic E-state index is -3.67. The van der Waals surface area contributed by atoms with Gasteiger partial charge in [-0.05, 0) is 49.1 Å². The van der Waals surface area contributed by atoms with Crippen molar-refractivity contribution < 1.29 is 13.2 Å². The Labute approximate surface area is 147 Å². The van der Waals surface area contributed by atoms with Crippen molar-refractivity contribution in [2.45, 2.75) is 37.6 Å². The van der Waals surface area contributed by atoms with E-state index < -0.39 is 10.0 Å². The van der Waals surface area contributed by atoms with Gasteiger partial charge in [0.25, 0.3) is 0 Å². The molecular weight excluding hydrogens is 338 g/mol. The molecule has 0 saturated carbocycles. The third-order valence-electron chi connectivity index (χ3n) is 4.37. The number of nitrogens with zero attached hydrogens (tertiary/aromatic N) is 2. The van der Waals surface area contributed by atoms with Crippen LogP contribution in [0, 0.1) is 6.92 Å². The highest BCUT2D eigenvalue weighted by Gasteiger charge is 2.37. The normalized spacial score (nSPS) is 18.2. The molecule has 0 bridgehead atoms. The molecule has 25 heavy (non-hydrogen) atoms. The number of nitrogens with one attached hydrogen (secondary N) is 1. The highest BCUT2D eigenvalue weighted by atomic mass is 32.2. The number of aromatic nitrogens is 1. The van der Waals surface area contributed by atoms with Crippen molar-refractivity contribution in [1.29, 1.82) is 0 Å². The van der Waals surface area contributed by atoms with Gasteiger partial charge in [0.15, 0.2) is 0 Å². The lowest BCUT2D eigenvalue weighted by atomic mass is 10.1. The molecule has 3 rings (SSSR count). The molecular formula is C18H21N3O3S. The summed E-state index contributed by atoms with van der Waals surface area (Å²) in [5, 5.41) is 2.65. The van der Waals surface area contributed by atoms with Gasteiger partial charge < -0.3 is 5.32 Å². The van der Waals surface area contributed by atoms with E-state index in [0.29, 0.717) is 17.8 Å². The summed E-state index contributed by atoms with van der Waals surface area (Å²) < 4.78 is 28.1. The molecule has 1 aliphatic rings. The monoisotopic (exact) mass is 359 g/mol. The number of benzene rings is 1. The zero-order valence-electron chi connectivity index (χ0n) is 14.3. The summed E-state index contributed by atoms with van der Waals surface area (Å²) in [6.07, 6.45) is 4.98. The van der Waals surface area contributed by atoms with Crippen LogP contribution in [0.4, 0.5) is 5.69 Å². The average molecular weight is 359 g/mol. The van der Waals surface area contributed by atoms with Crippen LogP contribution in [0.5, 0.6) is 0 Å². The van der Waals surface area contributed by atoms with Gasteiger partial charge in [0.1, 0.15) is 0 Å². The number of hydrogen-bond acceptors (Lipinski definition) is 4. The van der Waals surface area contributed by atoms with E-state index in [4.69, 9.17) is 0 Å². The van der Waals surface area contributed by atoms with Crippen LogP contribution >= 0.6 is 0 Å². The zero-order chi connectivity index (χ0) is 18.0. The fraction of sp³-hybridized carbons (Fsp3) is 0.333. The number of rotatable bonds is 4. The maximum atomic E-state index is 13.3. The highest BCUT2D eigenvalue weighted by Crippen LogP contribution is 2.37. The second-order valence-corrected chi connectivity index (χ2v) is 8.08. The smallest absolute Gasteiger partial charge is 0.243 e. The SMILES string of the molecule is CC(=O)Nc1ccc(C)c(S(=O)(=O)N2CCCC2c2cccnc2)c1. The lowest BCUT2D eigenvalue weighted by molar-refractivity contribution is -0.114. The van der Waals surface area contributed by atoms with Crippen molar-refractivity contribution in [1.82, 2.24) is 9.29 Å². The Hall–Kier alpha value is -2.25. The van der Waals surface area contributed by atoms with Crippen LogP contribution < -0.4 is 5.32 Å². The number of aryl methyl sites for hydroxylation is 1. The summed E-state index contributed by atoms with van der Waals surface area (Å²) in [4.78, 5) is 15.6. The quantitative estimate of drug-likeness (QED) is 0.910. The summed E-state index contributed by atoms with van der Waals surface area (Å²) in [5.74, 6) is -0.235. The Morgan fingerprint density at radius 3 is 2.80 bits per heavy atom. The topological polar surface area (TPSA) is 79.4 Å². The van der Waals surface area contributed by atoms with Crippen LogP contribution in [0.15, 0.2) is 47.6 Å². The molecule has 2 heterocycles. The summed E-state index contributed by atoms with van der Waals surface area (Å²) in [7, 11) is -3.67. The van der Waals surface area contributed by atoms with Gasteiger partial charge in [-0.1, -0.05) is 12.1 Å². The second-order valence-electron chi connectivity index (χ2n) is 6.22. The van der Waals surface area contributed by atoms with Crippen LogP contribution in [0.2, 0.25) is 0 Å². The Morgan fingerprint density at radius 2 is 2.12 bits per heavy atom. The molecule has 1 aliphatic heterocycles. The van der Waals surface area contributed by atoms with Crippen LogP contribution in [0.1, 0.15) is 36.9 Å². The van der Waals surface area contributed by atoms with E-state index in [2.05, 4.69) is 10.3 Å². The van der Waals surface area contributed by atoms with Crippen molar-refractivity contribution in [2.75, 3.05) is 11.9 Å². The Bertz CT molecular complexity index is 882. The fourth-order valence-corrected chi connectivity index (χ4v) is 5.15. The Balaban J connectivity index is 2.00. The standard InChI is InChI=1S/C18H21N3O3S/c1-13-7-8-16(20-14(2)22)11-18(13)25(23,24)21-10-4-6-17(21)15-5-3-9-19-12-15/h3,5,7-9,11-12,17H,4,6,10H2,1-2H3,(H,20,22). The molecule has 2 aromatic rings. The molecule has 1 atom stereocenters. The molecule has 1 N–H and O–H groups in total. The first kappa shape index (κ1) is 17.6. The van der Waals surface area contributed by atoms with Gasteiger partial charge >= 0.3 is 0 Å². The van der Waals surface area contributed by atoms with E-state index in [1.54, 1.807) is 35.8 Å². The minimum Gasteiger partial charge on any atom is -0.326 e. The van der Waals surface area contributed by atoms with E-state index >= 15 is 0 Å². The predicted molar refractivity (Wildman–Crippen MR) is 95.6 cm³/mol. The van der Waals surface area contributed by atoms with E-state index in [1.807, 2.05) is 12.1 Å². The van der Waals surface area contributed by atoms with Gasteiger partial charge in [0.05, 0.1) is 10.9 Å². The van der Waals surface area contributed by atoms with Crippen molar-refractivity contribution in [3.8, 4) is 0 Å². The number of amides is 1. The maximum absolute atomic E-state index is 13.3. The van der Waals surface area contributed by atoms with Crippen molar-refractivity contribution in [3.63, 3.8) is 0 Å². The van der Waals surface area contributed by atoms with Crippen molar-refractivity contribution >= 4 is 21.6 Å². The average Bonchev–Trinajstić information content (AvgIpc) is 3.07. The van der Waals surface area contributed by atoms with Gasteiger partial charge in [-0.3, -0.25) is 9.78 Å². The molecule has 1 fully saturated rings. The summed E-state index contributed by atoms with van der Waals surface area (Å²) >= 11 is 0. The number of sulfonamides is 1. The fourth-order valence-electron chi connectivity index (χ4n) is 3.22. The van der Waals surface area contributed by atoms with Gasteiger partial charge in [-0.25, -0.2) is 8.42 Å². The first-order chi connectivity index (χ1) is 11.9. The predicted octanol–water partition coefficient (Wildman–Crippen LogP) is 2.87. The third kappa shape index (κ3) is 3.57. The molecule has 0 spiro atoms. The Kier molecular flexibility index (Phi) is 4.87. The van der Waals surface area contributed by atoms with Gasteiger partial charge in [-0.2, -0.15) is 4.31 Å². The molecule has 132 valence electrons. The number of carbonyl (C=O) groups is 1. The lowest BCUT2D eigenvalue weighted by Crippen LogP contribution is -2.31. The van der Waals surface area contributed by atoms with Crippen LogP contribution in [-0.2, 0) is 14.8 Å². The van der Waals surface area contributed by atoms with Crippen LogP contribution in [0.25, 0.3) is 0 Å². The zero-order valence-corrected chi connectivity index (χ0v) is 15.1. The van der Waals surface area contributed by atoms with Gasteiger partial charge in [0, 0.05) is 31.5 Å². The molecule has 7 heteroatoms. The van der Waals surface area contributed by atoms with E-state index in [0.717, 1.165) is 18.4 Å². The molecule has 1 aromatic carbocycles. The van der Waals surface area contributed by atoms with E-state index in [-0.39, 0.29) is 16.8 Å². The second kappa shape index (κ2) is 6.93. The molecule has 1 amide bonds. The van der Waals surface area contributed by atoms with Crippen molar-refractivity contribution in [3.05, 3.63) is 53.9 Å². The number of pyridine rings is 1. The maximum Gasteiger partial charge on any atom is 0.243 e. The van der Waals surface area contributed by atoms with E-state index in [9.17, 15) is 13.2 Å². The molecule has 1 saturated heterocycles. The minimum absolute atomic E-state index is 0.206. The third-order valence-corrected chi connectivity index (χ3v) is 6.42. The Morgan fingerprint density at radius 1 is 1.32 bits per heavy atom. The van der Waals surface area contributed by atoms with Crippen molar-refractivity contribution in [2.24, 2.45) is 0 Å². The largest absolute Gasteiger partial charge is 0.326 e. The molecule has 6 nitrogen and oxygen atoms in total. The summed E-state index contributed by atoms with van der Waals surface area (Å²) in [6, 6.07) is 8.48. The highest BCUT2D eigenvalue weighted by molar-refractivity contribution is 7.89. The summed E-state index contributed by atoms with van der Waals surface area (Å²) in [6.45, 7) is 3.64. The molecule has 1 aromatic heterocycles. The number of hydrogen-bond donors (Lipinski definition) is 1. The van der Waals surface area contributed by atoms with Crippen LogP contribution in [-0.4, -0.2) is 30.2 Å². The number of carbonyl (C=O) groups excluding carboxylic acids is 1. The first-order valence-corrected chi connectivity index (χ1v) is 9.63. The first-order valence-electron chi connectivity index (χ1n) is 8.19. The van der Waals surface area contributed by atoms with E-state index in [1.165, 1.54) is 13.0 Å². The van der Waals surface area contributed by atoms with Crippen LogP contribution in [0.3, 0.4) is 0 Å². The molecule has 0 radical (unpaired) electrons. The molecule has 0 aliphatic carbocycles. The number of anilines is 1.